The average molecular weight is 269 g/mol. The van der Waals surface area contributed by atoms with Gasteiger partial charge in [-0.3, -0.25) is 0 Å². The Morgan fingerprint density at radius 2 is 2.00 bits per heavy atom. The summed E-state index contributed by atoms with van der Waals surface area (Å²) < 4.78 is 13.2. The van der Waals surface area contributed by atoms with Gasteiger partial charge in [0.1, 0.15) is 17.3 Å². The fourth-order valence-corrected chi connectivity index (χ4v) is 1.20. The number of nitrogens with two attached hydrogens (primary N) is 1. The van der Waals surface area contributed by atoms with Gasteiger partial charge in [-0.15, -0.1) is 0 Å². The second-order valence-corrected chi connectivity index (χ2v) is 3.64. The summed E-state index contributed by atoms with van der Waals surface area (Å²) >= 11 is 3.18. The van der Waals surface area contributed by atoms with Crippen molar-refractivity contribution >= 4 is 21.7 Å². The van der Waals surface area contributed by atoms with Crippen LogP contribution in [0.2, 0.25) is 0 Å². The largest absolute Gasteiger partial charge is 0.383 e. The molecule has 0 bridgehead atoms. The van der Waals surface area contributed by atoms with Crippen LogP contribution in [0.1, 0.15) is 0 Å². The molecule has 0 aliphatic carbocycles. The summed E-state index contributed by atoms with van der Waals surface area (Å²) in [5.74, 6) is 0.297. The van der Waals surface area contributed by atoms with Gasteiger partial charge in [-0.25, -0.2) is 19.3 Å². The molecule has 2 rings (SSSR count). The van der Waals surface area contributed by atoms with Gasteiger partial charge in [-0.1, -0.05) is 0 Å². The van der Waals surface area contributed by atoms with Gasteiger partial charge < -0.3 is 5.73 Å². The van der Waals surface area contributed by atoms with Crippen LogP contribution in [-0.4, -0.2) is 15.0 Å². The first-order valence-electron chi connectivity index (χ1n) is 4.07. The predicted molar refractivity (Wildman–Crippen MR) is 57.3 cm³/mol. The number of halogens is 2. The number of hydrogen-bond donors (Lipinski definition) is 1. The van der Waals surface area contributed by atoms with Gasteiger partial charge in [0.05, 0.1) is 10.7 Å². The number of nitrogens with zero attached hydrogens (tertiary/aromatic N) is 3. The molecule has 0 aliphatic rings. The Bertz CT molecular complexity index is 486. The minimum atomic E-state index is -0.399. The Labute approximate surface area is 93.5 Å². The molecule has 15 heavy (non-hydrogen) atoms. The third-order valence-corrected chi connectivity index (χ3v) is 2.34. The molecule has 2 N–H and O–H groups in total. The van der Waals surface area contributed by atoms with E-state index in [2.05, 4.69) is 30.9 Å². The molecule has 2 heterocycles. The van der Waals surface area contributed by atoms with Crippen molar-refractivity contribution in [3.05, 3.63) is 34.8 Å². The molecule has 4 nitrogen and oxygen atoms in total. The van der Waals surface area contributed by atoms with Crippen LogP contribution < -0.4 is 5.73 Å². The van der Waals surface area contributed by atoms with E-state index in [-0.39, 0.29) is 0 Å². The molecule has 2 aromatic heterocycles. The summed E-state index contributed by atoms with van der Waals surface area (Å²) in [6.45, 7) is 0. The van der Waals surface area contributed by atoms with Gasteiger partial charge >= 0.3 is 0 Å². The Kier molecular flexibility index (Phi) is 2.59. The van der Waals surface area contributed by atoms with Crippen molar-refractivity contribution in [2.24, 2.45) is 0 Å². The summed E-state index contributed by atoms with van der Waals surface area (Å²) in [7, 11) is 0. The van der Waals surface area contributed by atoms with Crippen LogP contribution in [0.25, 0.3) is 11.5 Å². The molecular weight excluding hydrogens is 263 g/mol. The lowest BCUT2D eigenvalue weighted by molar-refractivity contribution is 0.621. The van der Waals surface area contributed by atoms with Crippen LogP contribution in [0, 0.1) is 5.82 Å². The number of hydrogen-bond acceptors (Lipinski definition) is 4. The van der Waals surface area contributed by atoms with Crippen LogP contribution in [0.4, 0.5) is 10.2 Å². The normalized spacial score (nSPS) is 10.3. The molecule has 0 aromatic carbocycles. The second-order valence-electron chi connectivity index (χ2n) is 2.79. The number of rotatable bonds is 1. The smallest absolute Gasteiger partial charge is 0.180 e. The fourth-order valence-electron chi connectivity index (χ4n) is 1.01. The zero-order valence-electron chi connectivity index (χ0n) is 7.48. The van der Waals surface area contributed by atoms with Gasteiger partial charge in [0.15, 0.2) is 5.82 Å². The van der Waals surface area contributed by atoms with E-state index < -0.39 is 5.82 Å². The zero-order chi connectivity index (χ0) is 10.8. The Hall–Kier alpha value is -1.56. The highest BCUT2D eigenvalue weighted by molar-refractivity contribution is 9.10. The van der Waals surface area contributed by atoms with Gasteiger partial charge in [0.25, 0.3) is 0 Å². The summed E-state index contributed by atoms with van der Waals surface area (Å²) in [6.07, 6.45) is 2.64. The lowest BCUT2D eigenvalue weighted by Gasteiger charge is -2.01. The van der Waals surface area contributed by atoms with E-state index in [9.17, 15) is 4.39 Å². The quantitative estimate of drug-likeness (QED) is 0.860. The first kappa shape index (κ1) is 9.97. The first-order valence-corrected chi connectivity index (χ1v) is 4.86. The SMILES string of the molecule is Nc1nc(-c2ccc(F)cn2)ncc1Br. The van der Waals surface area contributed by atoms with Gasteiger partial charge in [0, 0.05) is 6.20 Å². The van der Waals surface area contributed by atoms with Crippen molar-refractivity contribution in [3.8, 4) is 11.5 Å². The maximum Gasteiger partial charge on any atom is 0.180 e. The molecule has 0 unspecified atom stereocenters. The summed E-state index contributed by atoms with van der Waals surface area (Å²) in [4.78, 5) is 11.9. The topological polar surface area (TPSA) is 64.7 Å². The number of anilines is 1. The van der Waals surface area contributed by atoms with Crippen LogP contribution in [0.3, 0.4) is 0 Å². The van der Waals surface area contributed by atoms with Crippen molar-refractivity contribution in [1.82, 2.24) is 15.0 Å². The molecule has 0 radical (unpaired) electrons. The zero-order valence-corrected chi connectivity index (χ0v) is 9.07. The lowest BCUT2D eigenvalue weighted by atomic mass is 10.3. The van der Waals surface area contributed by atoms with E-state index in [1.165, 1.54) is 18.3 Å². The highest BCUT2D eigenvalue weighted by Gasteiger charge is 2.05. The Morgan fingerprint density at radius 3 is 2.60 bits per heavy atom. The van der Waals surface area contributed by atoms with Crippen molar-refractivity contribution in [2.45, 2.75) is 0 Å². The first-order chi connectivity index (χ1) is 7.16. The highest BCUT2D eigenvalue weighted by Crippen LogP contribution is 2.19. The second kappa shape index (κ2) is 3.90. The summed E-state index contributed by atoms with van der Waals surface area (Å²) in [5, 5.41) is 0. The molecule has 2 aromatic rings. The van der Waals surface area contributed by atoms with Crippen LogP contribution in [-0.2, 0) is 0 Å². The fraction of sp³-hybridized carbons (Fsp3) is 0. The van der Waals surface area contributed by atoms with E-state index in [0.717, 1.165) is 6.20 Å². The number of aromatic nitrogens is 3. The minimum Gasteiger partial charge on any atom is -0.383 e. The predicted octanol–water partition coefficient (Wildman–Crippen LogP) is 2.02. The average Bonchev–Trinajstić information content (AvgIpc) is 2.23. The number of pyridine rings is 1. The molecule has 0 spiro atoms. The maximum atomic E-state index is 12.6. The highest BCUT2D eigenvalue weighted by atomic mass is 79.9. The maximum absolute atomic E-state index is 12.6. The molecular formula is C9H6BrFN4. The molecule has 0 amide bonds. The van der Waals surface area contributed by atoms with E-state index in [0.29, 0.717) is 21.8 Å². The summed E-state index contributed by atoms with van der Waals surface area (Å²) in [5.41, 5.74) is 6.07. The number of nitrogen functional groups attached to an aromatic ring is 1. The Morgan fingerprint density at radius 1 is 1.20 bits per heavy atom. The van der Waals surface area contributed by atoms with Gasteiger partial charge in [-0.05, 0) is 28.1 Å². The lowest BCUT2D eigenvalue weighted by Crippen LogP contribution is -1.97. The van der Waals surface area contributed by atoms with Crippen LogP contribution in [0.15, 0.2) is 29.0 Å². The standard InChI is InChI=1S/C9H6BrFN4/c10-6-4-14-9(15-8(6)12)7-2-1-5(11)3-13-7/h1-4H,(H2,12,14,15). The van der Waals surface area contributed by atoms with Crippen LogP contribution in [0.5, 0.6) is 0 Å². The molecule has 76 valence electrons. The van der Waals surface area contributed by atoms with Crippen LogP contribution >= 0.6 is 15.9 Å². The third kappa shape index (κ3) is 2.10. The molecule has 0 atom stereocenters. The molecule has 0 fully saturated rings. The van der Waals surface area contributed by atoms with Crippen molar-refractivity contribution in [3.63, 3.8) is 0 Å². The van der Waals surface area contributed by atoms with Crippen molar-refractivity contribution < 1.29 is 4.39 Å². The van der Waals surface area contributed by atoms with Crippen molar-refractivity contribution in [2.75, 3.05) is 5.73 Å². The van der Waals surface area contributed by atoms with Crippen molar-refractivity contribution in [1.29, 1.82) is 0 Å². The summed E-state index contributed by atoms with van der Waals surface area (Å²) in [6, 6.07) is 2.79. The van der Waals surface area contributed by atoms with Gasteiger partial charge in [0.2, 0.25) is 0 Å². The molecule has 0 saturated heterocycles. The molecule has 0 aliphatic heterocycles. The van der Waals surface area contributed by atoms with E-state index in [1.807, 2.05) is 0 Å². The van der Waals surface area contributed by atoms with E-state index >= 15 is 0 Å². The van der Waals surface area contributed by atoms with Gasteiger partial charge in [-0.2, -0.15) is 0 Å². The Balaban J connectivity index is 2.45. The monoisotopic (exact) mass is 268 g/mol. The third-order valence-electron chi connectivity index (χ3n) is 1.73. The molecule has 6 heteroatoms. The minimum absolute atomic E-state index is 0.325. The molecule has 0 saturated carbocycles. The van der Waals surface area contributed by atoms with E-state index in [1.54, 1.807) is 0 Å². The van der Waals surface area contributed by atoms with E-state index in [4.69, 9.17) is 5.73 Å².